The van der Waals surface area contributed by atoms with Crippen molar-refractivity contribution in [3.05, 3.63) is 35.9 Å². The second-order valence-electron chi connectivity index (χ2n) is 6.20. The Morgan fingerprint density at radius 1 is 1.36 bits per heavy atom. The highest BCUT2D eigenvalue weighted by Gasteiger charge is 2.30. The van der Waals surface area contributed by atoms with Crippen LogP contribution in [0.5, 0.6) is 0 Å². The Hall–Kier alpha value is -1.45. The molecule has 3 heterocycles. The Bertz CT molecular complexity index is 807. The summed E-state index contributed by atoms with van der Waals surface area (Å²) < 4.78 is 27.4. The Labute approximate surface area is 152 Å². The minimum Gasteiger partial charge on any atom is -0.306 e. The fourth-order valence-corrected chi connectivity index (χ4v) is 4.95. The van der Waals surface area contributed by atoms with Crippen LogP contribution in [-0.2, 0) is 22.3 Å². The van der Waals surface area contributed by atoms with Crippen molar-refractivity contribution >= 4 is 21.8 Å². The molecule has 9 heteroatoms. The predicted octanol–water partition coefficient (Wildman–Crippen LogP) is 2.12. The van der Waals surface area contributed by atoms with Crippen molar-refractivity contribution in [2.75, 3.05) is 19.3 Å². The lowest BCUT2D eigenvalue weighted by Crippen LogP contribution is -2.39. The Balaban J connectivity index is 1.75. The van der Waals surface area contributed by atoms with Crippen molar-refractivity contribution in [1.29, 1.82) is 0 Å². The normalized spacial score (nSPS) is 19.2. The number of sulfonamides is 1. The molecule has 0 aromatic carbocycles. The fourth-order valence-electron chi connectivity index (χ4n) is 3.09. The molecule has 0 saturated carbocycles. The van der Waals surface area contributed by atoms with Gasteiger partial charge < -0.3 is 4.57 Å². The number of thioether (sulfide) groups is 1. The number of aromatic nitrogens is 4. The Morgan fingerprint density at radius 2 is 2.20 bits per heavy atom. The molecule has 136 valence electrons. The lowest BCUT2D eigenvalue weighted by atomic mass is 9.99. The minimum absolute atomic E-state index is 0.101. The van der Waals surface area contributed by atoms with Crippen molar-refractivity contribution in [2.45, 2.75) is 43.1 Å². The molecule has 2 aromatic heterocycles. The molecule has 1 unspecified atom stereocenters. The molecule has 1 fully saturated rings. The summed E-state index contributed by atoms with van der Waals surface area (Å²) in [5.74, 6) is 1.78. The zero-order valence-electron chi connectivity index (χ0n) is 14.5. The van der Waals surface area contributed by atoms with Gasteiger partial charge in [0.1, 0.15) is 5.82 Å². The SMILES string of the molecule is CCn1c(SCc2cccnc2)nnc1C1CCCN(S(C)(=O)=O)C1. The quantitative estimate of drug-likeness (QED) is 0.713. The van der Waals surface area contributed by atoms with Crippen LogP contribution in [0.2, 0.25) is 0 Å². The van der Waals surface area contributed by atoms with E-state index in [0.29, 0.717) is 13.1 Å². The van der Waals surface area contributed by atoms with Gasteiger partial charge in [-0.2, -0.15) is 0 Å². The van der Waals surface area contributed by atoms with Crippen LogP contribution >= 0.6 is 11.8 Å². The predicted molar refractivity (Wildman–Crippen MR) is 97.9 cm³/mol. The molecular weight excluding hydrogens is 358 g/mol. The summed E-state index contributed by atoms with van der Waals surface area (Å²) >= 11 is 1.63. The molecule has 2 aromatic rings. The number of piperidine rings is 1. The van der Waals surface area contributed by atoms with E-state index in [2.05, 4.69) is 26.7 Å². The second-order valence-corrected chi connectivity index (χ2v) is 9.12. The highest BCUT2D eigenvalue weighted by atomic mass is 32.2. The van der Waals surface area contributed by atoms with Crippen LogP contribution in [0.3, 0.4) is 0 Å². The highest BCUT2D eigenvalue weighted by molar-refractivity contribution is 7.98. The number of hydrogen-bond acceptors (Lipinski definition) is 6. The molecular formula is C16H23N5O2S2. The van der Waals surface area contributed by atoms with Gasteiger partial charge in [0.2, 0.25) is 10.0 Å². The molecule has 0 spiro atoms. The van der Waals surface area contributed by atoms with Gasteiger partial charge >= 0.3 is 0 Å². The van der Waals surface area contributed by atoms with Crippen LogP contribution in [0.4, 0.5) is 0 Å². The number of rotatable bonds is 6. The summed E-state index contributed by atoms with van der Waals surface area (Å²) in [4.78, 5) is 4.13. The van der Waals surface area contributed by atoms with E-state index in [0.717, 1.165) is 41.7 Å². The van der Waals surface area contributed by atoms with Crippen molar-refractivity contribution in [3.63, 3.8) is 0 Å². The lowest BCUT2D eigenvalue weighted by Gasteiger charge is -2.30. The molecule has 1 atom stereocenters. The molecule has 0 bridgehead atoms. The summed E-state index contributed by atoms with van der Waals surface area (Å²) in [6.07, 6.45) is 6.68. The first kappa shape index (κ1) is 18.3. The monoisotopic (exact) mass is 381 g/mol. The maximum absolute atomic E-state index is 11.9. The van der Waals surface area contributed by atoms with Gasteiger partial charge in [0.25, 0.3) is 0 Å². The van der Waals surface area contributed by atoms with Crippen molar-refractivity contribution in [1.82, 2.24) is 24.1 Å². The van der Waals surface area contributed by atoms with E-state index >= 15 is 0 Å². The third-order valence-corrected chi connectivity index (χ3v) is 6.68. The van der Waals surface area contributed by atoms with Crippen LogP contribution in [0.15, 0.2) is 29.7 Å². The van der Waals surface area contributed by atoms with Crippen LogP contribution < -0.4 is 0 Å². The molecule has 1 aliphatic heterocycles. The van der Waals surface area contributed by atoms with Gasteiger partial charge in [0.05, 0.1) is 6.26 Å². The summed E-state index contributed by atoms with van der Waals surface area (Å²) in [7, 11) is -3.16. The van der Waals surface area contributed by atoms with Gasteiger partial charge in [-0.15, -0.1) is 10.2 Å². The summed E-state index contributed by atoms with van der Waals surface area (Å²) in [6.45, 7) is 3.92. The highest BCUT2D eigenvalue weighted by Crippen LogP contribution is 2.30. The van der Waals surface area contributed by atoms with Gasteiger partial charge in [-0.3, -0.25) is 4.98 Å². The third kappa shape index (κ3) is 4.39. The van der Waals surface area contributed by atoms with Gasteiger partial charge in [-0.25, -0.2) is 12.7 Å². The average molecular weight is 382 g/mol. The zero-order chi connectivity index (χ0) is 17.9. The third-order valence-electron chi connectivity index (χ3n) is 4.37. The topological polar surface area (TPSA) is 81.0 Å². The van der Waals surface area contributed by atoms with Gasteiger partial charge in [0.15, 0.2) is 5.16 Å². The summed E-state index contributed by atoms with van der Waals surface area (Å²) in [6, 6.07) is 3.96. The van der Waals surface area contributed by atoms with Crippen LogP contribution in [0.25, 0.3) is 0 Å². The zero-order valence-corrected chi connectivity index (χ0v) is 16.1. The van der Waals surface area contributed by atoms with Crippen LogP contribution in [-0.4, -0.2) is 51.8 Å². The molecule has 0 radical (unpaired) electrons. The lowest BCUT2D eigenvalue weighted by molar-refractivity contribution is 0.305. The maximum atomic E-state index is 11.9. The van der Waals surface area contributed by atoms with Crippen molar-refractivity contribution in [3.8, 4) is 0 Å². The minimum atomic E-state index is -3.16. The molecule has 7 nitrogen and oxygen atoms in total. The van der Waals surface area contributed by atoms with E-state index in [4.69, 9.17) is 0 Å². The number of nitrogens with zero attached hydrogens (tertiary/aromatic N) is 5. The molecule has 1 aliphatic rings. The second kappa shape index (κ2) is 7.84. The maximum Gasteiger partial charge on any atom is 0.211 e. The van der Waals surface area contributed by atoms with Crippen molar-refractivity contribution < 1.29 is 8.42 Å². The molecule has 0 N–H and O–H groups in total. The van der Waals surface area contributed by atoms with Gasteiger partial charge in [-0.05, 0) is 31.4 Å². The van der Waals surface area contributed by atoms with Gasteiger partial charge in [-0.1, -0.05) is 17.8 Å². The molecule has 3 rings (SSSR count). The fraction of sp³-hybridized carbons (Fsp3) is 0.562. The first-order valence-electron chi connectivity index (χ1n) is 8.39. The van der Waals surface area contributed by atoms with E-state index in [1.165, 1.54) is 6.26 Å². The van der Waals surface area contributed by atoms with E-state index in [9.17, 15) is 8.42 Å². The summed E-state index contributed by atoms with van der Waals surface area (Å²) in [5.41, 5.74) is 1.14. The van der Waals surface area contributed by atoms with Crippen molar-refractivity contribution in [2.24, 2.45) is 0 Å². The Kier molecular flexibility index (Phi) is 5.75. The first-order chi connectivity index (χ1) is 12.0. The molecule has 0 amide bonds. The van der Waals surface area contributed by atoms with E-state index in [1.54, 1.807) is 22.3 Å². The van der Waals surface area contributed by atoms with E-state index in [-0.39, 0.29) is 5.92 Å². The number of pyridine rings is 1. The van der Waals surface area contributed by atoms with E-state index in [1.807, 2.05) is 18.3 Å². The van der Waals surface area contributed by atoms with Crippen LogP contribution in [0.1, 0.15) is 37.1 Å². The number of hydrogen-bond donors (Lipinski definition) is 0. The summed E-state index contributed by atoms with van der Waals surface area (Å²) in [5, 5.41) is 9.62. The molecule has 1 saturated heterocycles. The Morgan fingerprint density at radius 3 is 2.88 bits per heavy atom. The smallest absolute Gasteiger partial charge is 0.211 e. The van der Waals surface area contributed by atoms with Crippen LogP contribution in [0, 0.1) is 0 Å². The largest absolute Gasteiger partial charge is 0.306 e. The first-order valence-corrected chi connectivity index (χ1v) is 11.2. The van der Waals surface area contributed by atoms with E-state index < -0.39 is 10.0 Å². The van der Waals surface area contributed by atoms with Gasteiger partial charge in [0, 0.05) is 43.7 Å². The molecule has 0 aliphatic carbocycles. The standard InChI is InChI=1S/C16H23N5O2S2/c1-3-21-15(14-7-5-9-20(11-14)25(2,22)23)18-19-16(21)24-12-13-6-4-8-17-10-13/h4,6,8,10,14H,3,5,7,9,11-12H2,1-2H3. The molecule has 25 heavy (non-hydrogen) atoms. The average Bonchev–Trinajstić information content (AvgIpc) is 3.03.